The molecule has 4 heteroatoms. The predicted molar refractivity (Wildman–Crippen MR) is 67.1 cm³/mol. The zero-order valence-corrected chi connectivity index (χ0v) is 10.3. The predicted octanol–water partition coefficient (Wildman–Crippen LogP) is 1.99. The Hall–Kier alpha value is -1.55. The second-order valence-electron chi connectivity index (χ2n) is 3.84. The number of carbonyl (C=O) groups excluding carboxylic acids is 1. The minimum atomic E-state index is 0.0208. The Morgan fingerprint density at radius 3 is 2.82 bits per heavy atom. The summed E-state index contributed by atoms with van der Waals surface area (Å²) < 4.78 is 9.52. The highest BCUT2D eigenvalue weighted by atomic mass is 16.6. The molecule has 1 aliphatic heterocycles. The highest BCUT2D eigenvalue weighted by Gasteiger charge is 2.15. The molecule has 1 N–H and O–H groups in total. The van der Waals surface area contributed by atoms with Crippen LogP contribution >= 0.6 is 0 Å². The van der Waals surface area contributed by atoms with Gasteiger partial charge in [-0.05, 0) is 24.6 Å². The van der Waals surface area contributed by atoms with Crippen LogP contribution < -0.4 is 5.32 Å². The Morgan fingerprint density at radius 2 is 2.35 bits per heavy atom. The lowest BCUT2D eigenvalue weighted by atomic mass is 10.2. The van der Waals surface area contributed by atoms with Gasteiger partial charge in [0.1, 0.15) is 6.10 Å². The van der Waals surface area contributed by atoms with Crippen LogP contribution in [0.2, 0.25) is 0 Å². The molecule has 1 atom stereocenters. The van der Waals surface area contributed by atoms with Crippen LogP contribution in [0.3, 0.4) is 0 Å². The Bertz CT molecular complexity index is 335. The van der Waals surface area contributed by atoms with E-state index in [-0.39, 0.29) is 6.10 Å². The van der Waals surface area contributed by atoms with E-state index in [1.165, 1.54) is 11.3 Å². The summed E-state index contributed by atoms with van der Waals surface area (Å²) in [5.41, 5.74) is 2.47. The van der Waals surface area contributed by atoms with Gasteiger partial charge in [0.15, 0.2) is 0 Å². The van der Waals surface area contributed by atoms with E-state index in [0.717, 1.165) is 13.0 Å². The van der Waals surface area contributed by atoms with Crippen molar-refractivity contribution < 1.29 is 14.3 Å². The molecule has 1 fully saturated rings. The van der Waals surface area contributed by atoms with Gasteiger partial charge in [0.2, 0.25) is 0 Å². The van der Waals surface area contributed by atoms with Gasteiger partial charge in [0, 0.05) is 19.2 Å². The number of ether oxygens (including phenoxy) is 2. The standard InChI is InChI=1S/C8H11N.C5H8O3/c1-7-4-3-5-8(6-7)9-2;6-4-8-5-1-2-7-3-5/h3-6,9H,1-2H3;4-5H,1-3H2. The topological polar surface area (TPSA) is 47.6 Å². The van der Waals surface area contributed by atoms with E-state index in [1.807, 2.05) is 19.2 Å². The number of nitrogens with one attached hydrogen (secondary N) is 1. The molecule has 17 heavy (non-hydrogen) atoms. The molecular formula is C13H19NO3. The van der Waals surface area contributed by atoms with Crippen molar-refractivity contribution in [2.45, 2.75) is 19.4 Å². The molecule has 0 bridgehead atoms. The highest BCUT2D eigenvalue weighted by Crippen LogP contribution is 2.07. The molecule has 0 radical (unpaired) electrons. The van der Waals surface area contributed by atoms with Gasteiger partial charge in [-0.2, -0.15) is 0 Å². The van der Waals surface area contributed by atoms with E-state index in [2.05, 4.69) is 29.1 Å². The van der Waals surface area contributed by atoms with E-state index in [9.17, 15) is 4.79 Å². The van der Waals surface area contributed by atoms with Crippen LogP contribution in [0.5, 0.6) is 0 Å². The smallest absolute Gasteiger partial charge is 0.293 e. The summed E-state index contributed by atoms with van der Waals surface area (Å²) in [5.74, 6) is 0. The lowest BCUT2D eigenvalue weighted by Crippen LogP contribution is -2.10. The molecule has 4 nitrogen and oxygen atoms in total. The molecule has 94 valence electrons. The largest absolute Gasteiger partial charge is 0.462 e. The molecular weight excluding hydrogens is 218 g/mol. The number of anilines is 1. The molecule has 0 aromatic heterocycles. The van der Waals surface area contributed by atoms with E-state index in [0.29, 0.717) is 13.1 Å². The third-order valence-corrected chi connectivity index (χ3v) is 2.44. The number of hydrogen-bond donors (Lipinski definition) is 1. The van der Waals surface area contributed by atoms with Gasteiger partial charge in [-0.15, -0.1) is 0 Å². The van der Waals surface area contributed by atoms with Crippen molar-refractivity contribution in [3.63, 3.8) is 0 Å². The molecule has 1 aromatic carbocycles. The first-order valence-corrected chi connectivity index (χ1v) is 5.67. The monoisotopic (exact) mass is 237 g/mol. The molecule has 1 heterocycles. The SMILES string of the molecule is CNc1cccc(C)c1.O=COC1CCOC1. The van der Waals surface area contributed by atoms with E-state index in [1.54, 1.807) is 0 Å². The fraction of sp³-hybridized carbons (Fsp3) is 0.462. The van der Waals surface area contributed by atoms with E-state index < -0.39 is 0 Å². The maximum Gasteiger partial charge on any atom is 0.293 e. The summed E-state index contributed by atoms with van der Waals surface area (Å²) in [5, 5.41) is 3.07. The van der Waals surface area contributed by atoms with Crippen LogP contribution in [0.4, 0.5) is 5.69 Å². The quantitative estimate of drug-likeness (QED) is 0.817. The van der Waals surface area contributed by atoms with Crippen LogP contribution in [-0.2, 0) is 14.3 Å². The summed E-state index contributed by atoms with van der Waals surface area (Å²) in [7, 11) is 1.93. The fourth-order valence-electron chi connectivity index (χ4n) is 1.50. The maximum atomic E-state index is 9.68. The fourth-order valence-corrected chi connectivity index (χ4v) is 1.50. The number of rotatable bonds is 3. The minimum Gasteiger partial charge on any atom is -0.462 e. The van der Waals surface area contributed by atoms with Crippen LogP contribution in [0.15, 0.2) is 24.3 Å². The van der Waals surface area contributed by atoms with Gasteiger partial charge in [-0.1, -0.05) is 12.1 Å². The Kier molecular flexibility index (Phi) is 6.10. The summed E-state index contributed by atoms with van der Waals surface area (Å²) in [6.45, 7) is 3.84. The van der Waals surface area contributed by atoms with Crippen molar-refractivity contribution >= 4 is 12.2 Å². The van der Waals surface area contributed by atoms with Crippen molar-refractivity contribution in [1.82, 2.24) is 0 Å². The van der Waals surface area contributed by atoms with Crippen molar-refractivity contribution in [3.8, 4) is 0 Å². The summed E-state index contributed by atoms with van der Waals surface area (Å²) >= 11 is 0. The summed E-state index contributed by atoms with van der Waals surface area (Å²) in [4.78, 5) is 9.68. The van der Waals surface area contributed by atoms with Gasteiger partial charge in [-0.3, -0.25) is 4.79 Å². The van der Waals surface area contributed by atoms with Crippen molar-refractivity contribution in [3.05, 3.63) is 29.8 Å². The zero-order valence-electron chi connectivity index (χ0n) is 10.3. The first-order valence-electron chi connectivity index (χ1n) is 5.67. The Balaban J connectivity index is 0.000000171. The molecule has 0 aliphatic carbocycles. The van der Waals surface area contributed by atoms with E-state index >= 15 is 0 Å². The first-order chi connectivity index (χ1) is 8.26. The number of benzene rings is 1. The molecule has 1 unspecified atom stereocenters. The van der Waals surface area contributed by atoms with Gasteiger partial charge in [0.25, 0.3) is 6.47 Å². The zero-order chi connectivity index (χ0) is 12.5. The summed E-state index contributed by atoms with van der Waals surface area (Å²) in [6.07, 6.45) is 0.867. The molecule has 0 spiro atoms. The minimum absolute atomic E-state index is 0.0208. The average molecular weight is 237 g/mol. The van der Waals surface area contributed by atoms with Crippen molar-refractivity contribution in [2.24, 2.45) is 0 Å². The van der Waals surface area contributed by atoms with E-state index in [4.69, 9.17) is 4.74 Å². The summed E-state index contributed by atoms with van der Waals surface area (Å²) in [6, 6.07) is 8.29. The van der Waals surface area contributed by atoms with Crippen LogP contribution in [0.1, 0.15) is 12.0 Å². The normalized spacial score (nSPS) is 17.9. The highest BCUT2D eigenvalue weighted by molar-refractivity contribution is 5.44. The van der Waals surface area contributed by atoms with Gasteiger partial charge < -0.3 is 14.8 Å². The lowest BCUT2D eigenvalue weighted by Gasteiger charge is -2.01. The van der Waals surface area contributed by atoms with Gasteiger partial charge in [-0.25, -0.2) is 0 Å². The maximum absolute atomic E-state index is 9.68. The molecule has 1 aliphatic rings. The van der Waals surface area contributed by atoms with Gasteiger partial charge >= 0.3 is 0 Å². The lowest BCUT2D eigenvalue weighted by molar-refractivity contribution is -0.133. The van der Waals surface area contributed by atoms with Gasteiger partial charge in [0.05, 0.1) is 13.2 Å². The molecule has 1 saturated heterocycles. The third-order valence-electron chi connectivity index (χ3n) is 2.44. The van der Waals surface area contributed by atoms with Crippen LogP contribution in [0.25, 0.3) is 0 Å². The molecule has 2 rings (SSSR count). The van der Waals surface area contributed by atoms with Crippen molar-refractivity contribution in [2.75, 3.05) is 25.6 Å². The Morgan fingerprint density at radius 1 is 1.53 bits per heavy atom. The molecule has 0 saturated carbocycles. The second kappa shape index (κ2) is 7.68. The molecule has 0 amide bonds. The average Bonchev–Trinajstić information content (AvgIpc) is 2.83. The number of hydrogen-bond acceptors (Lipinski definition) is 4. The third kappa shape index (κ3) is 5.36. The number of carbonyl (C=O) groups is 1. The van der Waals surface area contributed by atoms with Crippen molar-refractivity contribution in [1.29, 1.82) is 0 Å². The Labute approximate surface area is 102 Å². The molecule has 1 aromatic rings. The second-order valence-corrected chi connectivity index (χ2v) is 3.84. The van der Waals surface area contributed by atoms with Crippen LogP contribution in [-0.4, -0.2) is 32.8 Å². The number of aryl methyl sites for hydroxylation is 1. The van der Waals surface area contributed by atoms with Crippen LogP contribution in [0, 0.1) is 6.92 Å². The first kappa shape index (κ1) is 13.5.